The molecular formula is C14H13F3N4O2. The monoisotopic (exact) mass is 326 g/mol. The SMILES string of the molecule is CC1=NNC(=O)C1CC(=O)N/N=C/c1ccccc1C(F)(F)F. The Morgan fingerprint density at radius 3 is 2.74 bits per heavy atom. The van der Waals surface area contributed by atoms with Gasteiger partial charge in [-0.15, -0.1) is 0 Å². The van der Waals surface area contributed by atoms with Crippen molar-refractivity contribution in [3.63, 3.8) is 0 Å². The van der Waals surface area contributed by atoms with E-state index in [1.807, 2.05) is 0 Å². The average Bonchev–Trinajstić information content (AvgIpc) is 2.78. The van der Waals surface area contributed by atoms with Crippen LogP contribution in [0.25, 0.3) is 0 Å². The standard InChI is InChI=1S/C14H13F3N4O2/c1-8-10(13(23)21-19-8)6-12(22)20-18-7-9-4-2-3-5-11(9)14(15,16)17/h2-5,7,10H,6H2,1H3,(H,20,22)(H,21,23)/b18-7+. The molecule has 2 rings (SSSR count). The third-order valence-electron chi connectivity index (χ3n) is 3.21. The molecular weight excluding hydrogens is 313 g/mol. The van der Waals surface area contributed by atoms with E-state index in [1.54, 1.807) is 6.92 Å². The second kappa shape index (κ2) is 6.59. The van der Waals surface area contributed by atoms with Crippen LogP contribution >= 0.6 is 0 Å². The average molecular weight is 326 g/mol. The highest BCUT2D eigenvalue weighted by atomic mass is 19.4. The number of nitrogens with zero attached hydrogens (tertiary/aromatic N) is 2. The topological polar surface area (TPSA) is 82.9 Å². The zero-order chi connectivity index (χ0) is 17.0. The van der Waals surface area contributed by atoms with Crippen molar-refractivity contribution in [3.8, 4) is 0 Å². The summed E-state index contributed by atoms with van der Waals surface area (Å²) in [5, 5.41) is 7.20. The van der Waals surface area contributed by atoms with E-state index in [9.17, 15) is 22.8 Å². The Hall–Kier alpha value is -2.71. The fraction of sp³-hybridized carbons (Fsp3) is 0.286. The van der Waals surface area contributed by atoms with E-state index in [1.165, 1.54) is 18.2 Å². The molecule has 2 amide bonds. The van der Waals surface area contributed by atoms with Gasteiger partial charge in [0.15, 0.2) is 0 Å². The molecule has 1 aliphatic heterocycles. The maximum atomic E-state index is 12.8. The number of nitrogens with one attached hydrogen (secondary N) is 2. The summed E-state index contributed by atoms with van der Waals surface area (Å²) in [5.74, 6) is -1.68. The summed E-state index contributed by atoms with van der Waals surface area (Å²) >= 11 is 0. The van der Waals surface area contributed by atoms with Crippen LogP contribution in [0.15, 0.2) is 34.5 Å². The molecule has 9 heteroatoms. The molecule has 0 fully saturated rings. The largest absolute Gasteiger partial charge is 0.417 e. The molecule has 0 saturated carbocycles. The molecule has 0 aromatic heterocycles. The predicted molar refractivity (Wildman–Crippen MR) is 76.5 cm³/mol. The van der Waals surface area contributed by atoms with Crippen molar-refractivity contribution in [2.75, 3.05) is 0 Å². The minimum atomic E-state index is -4.51. The van der Waals surface area contributed by atoms with Gasteiger partial charge in [-0.2, -0.15) is 23.4 Å². The van der Waals surface area contributed by atoms with Crippen LogP contribution in [0.1, 0.15) is 24.5 Å². The van der Waals surface area contributed by atoms with E-state index < -0.39 is 29.5 Å². The lowest BCUT2D eigenvalue weighted by atomic mass is 10.0. The molecule has 1 aliphatic rings. The number of benzene rings is 1. The van der Waals surface area contributed by atoms with Crippen LogP contribution in [0.2, 0.25) is 0 Å². The number of alkyl halides is 3. The number of halogens is 3. The van der Waals surface area contributed by atoms with E-state index >= 15 is 0 Å². The van der Waals surface area contributed by atoms with Gasteiger partial charge in [-0.25, -0.2) is 10.9 Å². The number of carbonyl (C=O) groups is 2. The number of carbonyl (C=O) groups excluding carboxylic acids is 2. The molecule has 1 aromatic rings. The van der Waals surface area contributed by atoms with Crippen molar-refractivity contribution in [1.29, 1.82) is 0 Å². The smallest absolute Gasteiger partial charge is 0.273 e. The van der Waals surface area contributed by atoms with Crippen molar-refractivity contribution in [3.05, 3.63) is 35.4 Å². The van der Waals surface area contributed by atoms with Crippen molar-refractivity contribution in [2.45, 2.75) is 19.5 Å². The Morgan fingerprint density at radius 2 is 2.13 bits per heavy atom. The fourth-order valence-electron chi connectivity index (χ4n) is 2.00. The maximum Gasteiger partial charge on any atom is 0.417 e. The first-order valence-electron chi connectivity index (χ1n) is 6.61. The van der Waals surface area contributed by atoms with Gasteiger partial charge in [-0.1, -0.05) is 18.2 Å². The lowest BCUT2D eigenvalue weighted by Crippen LogP contribution is -2.29. The second-order valence-corrected chi connectivity index (χ2v) is 4.86. The molecule has 23 heavy (non-hydrogen) atoms. The molecule has 122 valence electrons. The summed E-state index contributed by atoms with van der Waals surface area (Å²) in [6, 6.07) is 4.85. The van der Waals surface area contributed by atoms with Crippen LogP contribution in [0.3, 0.4) is 0 Å². The summed E-state index contributed by atoms with van der Waals surface area (Å²) in [7, 11) is 0. The van der Waals surface area contributed by atoms with Crippen LogP contribution in [0.4, 0.5) is 13.2 Å². The van der Waals surface area contributed by atoms with Crippen molar-refractivity contribution < 1.29 is 22.8 Å². The second-order valence-electron chi connectivity index (χ2n) is 4.86. The highest BCUT2D eigenvalue weighted by molar-refractivity contribution is 6.09. The highest BCUT2D eigenvalue weighted by Gasteiger charge is 2.32. The quantitative estimate of drug-likeness (QED) is 0.652. The Morgan fingerprint density at radius 1 is 1.43 bits per heavy atom. The molecule has 2 N–H and O–H groups in total. The minimum absolute atomic E-state index is 0.170. The van der Waals surface area contributed by atoms with Gasteiger partial charge in [-0.3, -0.25) is 9.59 Å². The third-order valence-corrected chi connectivity index (χ3v) is 3.21. The fourth-order valence-corrected chi connectivity index (χ4v) is 2.00. The van der Waals surface area contributed by atoms with E-state index in [0.29, 0.717) is 5.71 Å². The van der Waals surface area contributed by atoms with Crippen molar-refractivity contribution in [2.24, 2.45) is 16.1 Å². The van der Waals surface area contributed by atoms with Crippen LogP contribution in [0.5, 0.6) is 0 Å². The normalized spacial score (nSPS) is 18.0. The van der Waals surface area contributed by atoms with Gasteiger partial charge in [0.05, 0.1) is 17.7 Å². The number of rotatable bonds is 4. The van der Waals surface area contributed by atoms with Crippen LogP contribution in [-0.2, 0) is 15.8 Å². The molecule has 0 saturated heterocycles. The van der Waals surface area contributed by atoms with Gasteiger partial charge < -0.3 is 0 Å². The third kappa shape index (κ3) is 4.15. The summed E-state index contributed by atoms with van der Waals surface area (Å²) in [6.07, 6.45) is -3.78. The maximum absolute atomic E-state index is 12.8. The summed E-state index contributed by atoms with van der Waals surface area (Å²) < 4.78 is 38.4. The zero-order valence-corrected chi connectivity index (χ0v) is 12.0. The Balaban J connectivity index is 1.99. The van der Waals surface area contributed by atoms with Gasteiger partial charge in [-0.05, 0) is 13.0 Å². The molecule has 0 bridgehead atoms. The summed E-state index contributed by atoms with van der Waals surface area (Å²) in [4.78, 5) is 23.1. The Labute approximate surface area is 129 Å². The number of hydrogen-bond donors (Lipinski definition) is 2. The Bertz CT molecular complexity index is 683. The van der Waals surface area contributed by atoms with Gasteiger partial charge in [0.2, 0.25) is 11.8 Å². The molecule has 6 nitrogen and oxygen atoms in total. The van der Waals surface area contributed by atoms with Gasteiger partial charge >= 0.3 is 6.18 Å². The Kier molecular flexibility index (Phi) is 4.77. The van der Waals surface area contributed by atoms with E-state index in [2.05, 4.69) is 21.1 Å². The van der Waals surface area contributed by atoms with Crippen LogP contribution in [0, 0.1) is 5.92 Å². The first-order chi connectivity index (χ1) is 10.8. The highest BCUT2D eigenvalue weighted by Crippen LogP contribution is 2.31. The van der Waals surface area contributed by atoms with Gasteiger partial charge in [0.1, 0.15) is 0 Å². The molecule has 1 aromatic carbocycles. The zero-order valence-electron chi connectivity index (χ0n) is 12.0. The predicted octanol–water partition coefficient (Wildman–Crippen LogP) is 1.67. The number of hydrazone groups is 2. The van der Waals surface area contributed by atoms with Crippen molar-refractivity contribution in [1.82, 2.24) is 10.9 Å². The van der Waals surface area contributed by atoms with Gasteiger partial charge in [0.25, 0.3) is 0 Å². The molecule has 0 aliphatic carbocycles. The molecule has 1 heterocycles. The van der Waals surface area contributed by atoms with E-state index in [0.717, 1.165) is 12.3 Å². The minimum Gasteiger partial charge on any atom is -0.273 e. The first-order valence-corrected chi connectivity index (χ1v) is 6.61. The van der Waals surface area contributed by atoms with Crippen LogP contribution in [-0.4, -0.2) is 23.7 Å². The van der Waals surface area contributed by atoms with Gasteiger partial charge in [0, 0.05) is 17.7 Å². The molecule has 1 unspecified atom stereocenters. The van der Waals surface area contributed by atoms with E-state index in [4.69, 9.17) is 0 Å². The van der Waals surface area contributed by atoms with Crippen molar-refractivity contribution >= 4 is 23.7 Å². The van der Waals surface area contributed by atoms with Crippen LogP contribution < -0.4 is 10.9 Å². The molecule has 0 radical (unpaired) electrons. The number of hydrogen-bond acceptors (Lipinski definition) is 4. The molecule has 0 spiro atoms. The number of amides is 2. The van der Waals surface area contributed by atoms with E-state index in [-0.39, 0.29) is 12.0 Å². The first kappa shape index (κ1) is 16.7. The summed E-state index contributed by atoms with van der Waals surface area (Å²) in [5.41, 5.74) is 3.79. The lowest BCUT2D eigenvalue weighted by molar-refractivity contribution is -0.137. The summed E-state index contributed by atoms with van der Waals surface area (Å²) in [6.45, 7) is 1.60. The lowest BCUT2D eigenvalue weighted by Gasteiger charge is -2.09. The molecule has 1 atom stereocenters.